The Morgan fingerprint density at radius 1 is 1.04 bits per heavy atom. The van der Waals surface area contributed by atoms with Gasteiger partial charge in [-0.3, -0.25) is 19.8 Å². The SMILES string of the molecule is CN(C/C=C/c1ccccc1)CCOc1ccc(/C=C2\SC(=O)NC2=O)cc1. The van der Waals surface area contributed by atoms with Crippen LogP contribution in [0.5, 0.6) is 5.75 Å². The first-order valence-corrected chi connectivity index (χ1v) is 9.80. The van der Waals surface area contributed by atoms with Crippen LogP contribution in [0, 0.1) is 0 Å². The smallest absolute Gasteiger partial charge is 0.290 e. The van der Waals surface area contributed by atoms with Crippen LogP contribution >= 0.6 is 11.8 Å². The van der Waals surface area contributed by atoms with Crippen molar-refractivity contribution in [2.75, 3.05) is 26.7 Å². The molecule has 1 N–H and O–H groups in total. The zero-order chi connectivity index (χ0) is 19.8. The van der Waals surface area contributed by atoms with Crippen LogP contribution in [0.3, 0.4) is 0 Å². The van der Waals surface area contributed by atoms with Gasteiger partial charge < -0.3 is 4.74 Å². The topological polar surface area (TPSA) is 58.6 Å². The first-order chi connectivity index (χ1) is 13.6. The fraction of sp³-hybridized carbons (Fsp3) is 0.182. The molecule has 2 amide bonds. The molecule has 28 heavy (non-hydrogen) atoms. The Morgan fingerprint density at radius 2 is 1.79 bits per heavy atom. The van der Waals surface area contributed by atoms with Crippen molar-refractivity contribution in [3.05, 3.63) is 76.7 Å². The number of likely N-dealkylation sites (N-methyl/N-ethyl adjacent to an activating group) is 1. The Kier molecular flexibility index (Phi) is 7.06. The first kappa shape index (κ1) is 19.9. The minimum absolute atomic E-state index is 0.334. The predicted molar refractivity (Wildman–Crippen MR) is 114 cm³/mol. The number of amides is 2. The Bertz CT molecular complexity index is 876. The summed E-state index contributed by atoms with van der Waals surface area (Å²) in [4.78, 5) is 25.3. The first-order valence-electron chi connectivity index (χ1n) is 8.98. The molecule has 2 aromatic carbocycles. The quantitative estimate of drug-likeness (QED) is 0.685. The van der Waals surface area contributed by atoms with E-state index in [0.717, 1.165) is 36.2 Å². The van der Waals surface area contributed by atoms with Crippen molar-refractivity contribution in [2.24, 2.45) is 0 Å². The molecule has 144 valence electrons. The Balaban J connectivity index is 1.41. The van der Waals surface area contributed by atoms with Crippen LogP contribution in [0.15, 0.2) is 65.6 Å². The lowest BCUT2D eigenvalue weighted by Crippen LogP contribution is -2.24. The third kappa shape index (κ3) is 6.11. The average molecular weight is 394 g/mol. The molecule has 6 heteroatoms. The molecule has 1 fully saturated rings. The van der Waals surface area contributed by atoms with Crippen molar-refractivity contribution in [3.63, 3.8) is 0 Å². The second-order valence-corrected chi connectivity index (χ2v) is 7.36. The van der Waals surface area contributed by atoms with Crippen LogP contribution in [0.4, 0.5) is 4.79 Å². The number of carbonyl (C=O) groups is 2. The number of ether oxygens (including phenoxy) is 1. The summed E-state index contributed by atoms with van der Waals surface area (Å²) in [7, 11) is 2.06. The second kappa shape index (κ2) is 9.92. The van der Waals surface area contributed by atoms with Gasteiger partial charge in [-0.05, 0) is 48.1 Å². The molecule has 0 saturated carbocycles. The summed E-state index contributed by atoms with van der Waals surface area (Å²) in [6.07, 6.45) is 5.95. The standard InChI is InChI=1S/C22H22N2O3S/c1-24(13-5-8-17-6-3-2-4-7-17)14-15-27-19-11-9-18(10-12-19)16-20-21(25)23-22(26)28-20/h2-12,16H,13-15H2,1H3,(H,23,25,26)/b8-5+,20-16-. The minimum Gasteiger partial charge on any atom is -0.492 e. The van der Waals surface area contributed by atoms with Gasteiger partial charge >= 0.3 is 0 Å². The molecular formula is C22H22N2O3S. The van der Waals surface area contributed by atoms with Crippen molar-refractivity contribution in [1.29, 1.82) is 0 Å². The van der Waals surface area contributed by atoms with Gasteiger partial charge in [-0.25, -0.2) is 0 Å². The molecule has 0 atom stereocenters. The van der Waals surface area contributed by atoms with E-state index in [4.69, 9.17) is 4.74 Å². The molecular weight excluding hydrogens is 372 g/mol. The highest BCUT2D eigenvalue weighted by Crippen LogP contribution is 2.26. The molecule has 1 aliphatic heterocycles. The fourth-order valence-corrected chi connectivity index (χ4v) is 3.26. The lowest BCUT2D eigenvalue weighted by molar-refractivity contribution is -0.115. The van der Waals surface area contributed by atoms with Crippen LogP contribution in [0.2, 0.25) is 0 Å². The zero-order valence-corrected chi connectivity index (χ0v) is 16.4. The van der Waals surface area contributed by atoms with E-state index in [0.29, 0.717) is 11.5 Å². The van der Waals surface area contributed by atoms with Crippen molar-refractivity contribution in [2.45, 2.75) is 0 Å². The van der Waals surface area contributed by atoms with E-state index in [9.17, 15) is 9.59 Å². The largest absolute Gasteiger partial charge is 0.492 e. The maximum Gasteiger partial charge on any atom is 0.290 e. The Labute approximate surface area is 169 Å². The van der Waals surface area contributed by atoms with Crippen LogP contribution in [0.25, 0.3) is 12.2 Å². The van der Waals surface area contributed by atoms with Crippen LogP contribution < -0.4 is 10.1 Å². The lowest BCUT2D eigenvalue weighted by atomic mass is 10.2. The number of nitrogens with zero attached hydrogens (tertiary/aromatic N) is 1. The third-order valence-corrected chi connectivity index (χ3v) is 4.90. The van der Waals surface area contributed by atoms with Gasteiger partial charge in [-0.1, -0.05) is 54.6 Å². The molecule has 0 bridgehead atoms. The van der Waals surface area contributed by atoms with Crippen molar-refractivity contribution in [1.82, 2.24) is 10.2 Å². The lowest BCUT2D eigenvalue weighted by Gasteiger charge is -2.15. The molecule has 2 aromatic rings. The van der Waals surface area contributed by atoms with Gasteiger partial charge in [0, 0.05) is 13.1 Å². The van der Waals surface area contributed by atoms with E-state index in [1.54, 1.807) is 6.08 Å². The second-order valence-electron chi connectivity index (χ2n) is 6.35. The van der Waals surface area contributed by atoms with Crippen molar-refractivity contribution < 1.29 is 14.3 Å². The Hall–Kier alpha value is -2.83. The van der Waals surface area contributed by atoms with Crippen molar-refractivity contribution in [3.8, 4) is 5.75 Å². The molecule has 0 unspecified atom stereocenters. The van der Waals surface area contributed by atoms with Gasteiger partial charge in [0.15, 0.2) is 0 Å². The summed E-state index contributed by atoms with van der Waals surface area (Å²) in [6, 6.07) is 17.7. The van der Waals surface area contributed by atoms with Gasteiger partial charge in [0.1, 0.15) is 12.4 Å². The zero-order valence-electron chi connectivity index (χ0n) is 15.6. The summed E-state index contributed by atoms with van der Waals surface area (Å²) in [6.45, 7) is 2.25. The number of hydrogen-bond acceptors (Lipinski definition) is 5. The van der Waals surface area contributed by atoms with E-state index in [1.165, 1.54) is 5.56 Å². The maximum atomic E-state index is 11.6. The Morgan fingerprint density at radius 3 is 2.46 bits per heavy atom. The van der Waals surface area contributed by atoms with E-state index in [2.05, 4.69) is 41.5 Å². The summed E-state index contributed by atoms with van der Waals surface area (Å²) >= 11 is 0.914. The summed E-state index contributed by atoms with van der Waals surface area (Å²) < 4.78 is 5.78. The number of benzene rings is 2. The number of rotatable bonds is 8. The normalized spacial score (nSPS) is 15.6. The van der Waals surface area contributed by atoms with Gasteiger partial charge in [0.05, 0.1) is 4.91 Å². The molecule has 3 rings (SSSR count). The average Bonchev–Trinajstić information content (AvgIpc) is 3.01. The van der Waals surface area contributed by atoms with E-state index in [-0.39, 0.29) is 11.1 Å². The summed E-state index contributed by atoms with van der Waals surface area (Å²) in [5, 5.41) is 1.91. The fourth-order valence-electron chi connectivity index (χ4n) is 2.58. The van der Waals surface area contributed by atoms with E-state index < -0.39 is 0 Å². The predicted octanol–water partition coefficient (Wildman–Crippen LogP) is 4.03. The highest BCUT2D eigenvalue weighted by molar-refractivity contribution is 8.18. The number of carbonyl (C=O) groups excluding carboxylic acids is 2. The molecule has 0 radical (unpaired) electrons. The molecule has 0 aliphatic carbocycles. The van der Waals surface area contributed by atoms with Crippen LogP contribution in [-0.4, -0.2) is 42.8 Å². The third-order valence-electron chi connectivity index (χ3n) is 4.09. The molecule has 5 nitrogen and oxygen atoms in total. The monoisotopic (exact) mass is 394 g/mol. The number of imide groups is 1. The summed E-state index contributed by atoms with van der Waals surface area (Å²) in [5.74, 6) is 0.426. The number of thioether (sulfide) groups is 1. The number of nitrogens with one attached hydrogen (secondary N) is 1. The van der Waals surface area contributed by atoms with Crippen LogP contribution in [-0.2, 0) is 4.79 Å². The number of hydrogen-bond donors (Lipinski definition) is 1. The van der Waals surface area contributed by atoms with Gasteiger partial charge in [-0.2, -0.15) is 0 Å². The van der Waals surface area contributed by atoms with E-state index >= 15 is 0 Å². The highest BCUT2D eigenvalue weighted by atomic mass is 32.2. The highest BCUT2D eigenvalue weighted by Gasteiger charge is 2.24. The summed E-state index contributed by atoms with van der Waals surface area (Å²) in [5.41, 5.74) is 2.04. The minimum atomic E-state index is -0.348. The molecule has 0 aromatic heterocycles. The maximum absolute atomic E-state index is 11.6. The molecule has 1 saturated heterocycles. The molecule has 0 spiro atoms. The van der Waals surface area contributed by atoms with Gasteiger partial charge in [0.25, 0.3) is 11.1 Å². The van der Waals surface area contributed by atoms with Gasteiger partial charge in [-0.15, -0.1) is 0 Å². The van der Waals surface area contributed by atoms with Gasteiger partial charge in [0.2, 0.25) is 0 Å². The van der Waals surface area contributed by atoms with E-state index in [1.807, 2.05) is 42.5 Å². The van der Waals surface area contributed by atoms with Crippen LogP contribution in [0.1, 0.15) is 11.1 Å². The molecule has 1 heterocycles. The molecule has 1 aliphatic rings. The van der Waals surface area contributed by atoms with Crippen molar-refractivity contribution >= 4 is 35.1 Å².